The van der Waals surface area contributed by atoms with Crippen LogP contribution in [0, 0.1) is 0 Å². The number of carbonyl (C=O) groups excluding carboxylic acids is 1. The van der Waals surface area contributed by atoms with Crippen LogP contribution < -0.4 is 20.3 Å². The molecule has 6 nitrogen and oxygen atoms in total. The molecule has 3 rings (SSSR count). The topological polar surface area (TPSA) is 66.5 Å². The fourth-order valence-corrected chi connectivity index (χ4v) is 2.58. The molecule has 2 N–H and O–H groups in total. The first-order valence-corrected chi connectivity index (χ1v) is 7.85. The molecule has 0 fully saturated rings. The Morgan fingerprint density at radius 3 is 2.33 bits per heavy atom. The average Bonchev–Trinajstić information content (AvgIpc) is 2.61. The van der Waals surface area contributed by atoms with Gasteiger partial charge in [0, 0.05) is 31.7 Å². The van der Waals surface area contributed by atoms with E-state index in [1.807, 2.05) is 61.5 Å². The zero-order chi connectivity index (χ0) is 17.8. The van der Waals surface area contributed by atoms with Gasteiger partial charge in [0.25, 0.3) is 0 Å². The van der Waals surface area contributed by atoms with Crippen LogP contribution in [0.15, 0.2) is 54.7 Å². The third-order valence-corrected chi connectivity index (χ3v) is 3.84. The average molecular weight is 409 g/mol. The van der Waals surface area contributed by atoms with Crippen molar-refractivity contribution in [3.05, 3.63) is 54.7 Å². The van der Waals surface area contributed by atoms with Crippen molar-refractivity contribution in [2.45, 2.75) is 0 Å². The van der Waals surface area contributed by atoms with Gasteiger partial charge in [-0.2, -0.15) is 0 Å². The smallest absolute Gasteiger partial charge is 0.323 e. The molecule has 2 aromatic carbocycles. The van der Waals surface area contributed by atoms with Gasteiger partial charge >= 0.3 is 6.03 Å². The number of halogens is 2. The zero-order valence-electron chi connectivity index (χ0n) is 15.2. The summed E-state index contributed by atoms with van der Waals surface area (Å²) in [6.07, 6.45) is 1.66. The van der Waals surface area contributed by atoms with E-state index >= 15 is 0 Å². The zero-order valence-corrected chi connectivity index (χ0v) is 16.9. The van der Waals surface area contributed by atoms with E-state index in [4.69, 9.17) is 4.74 Å². The molecule has 0 aliphatic rings. The van der Waals surface area contributed by atoms with Crippen LogP contribution in [0.2, 0.25) is 0 Å². The number of urea groups is 1. The first-order valence-electron chi connectivity index (χ1n) is 7.85. The Hall–Kier alpha value is -2.70. The maximum absolute atomic E-state index is 12.4. The summed E-state index contributed by atoms with van der Waals surface area (Å²) in [5.41, 5.74) is 3.18. The molecular weight excluding hydrogens is 387 g/mol. The molecule has 0 saturated carbocycles. The van der Waals surface area contributed by atoms with Crippen LogP contribution in [-0.2, 0) is 0 Å². The molecule has 0 spiro atoms. The van der Waals surface area contributed by atoms with Gasteiger partial charge in [-0.1, -0.05) is 6.07 Å². The van der Waals surface area contributed by atoms with Gasteiger partial charge in [0.1, 0.15) is 5.75 Å². The van der Waals surface area contributed by atoms with Gasteiger partial charge in [0.05, 0.1) is 23.7 Å². The van der Waals surface area contributed by atoms with Crippen molar-refractivity contribution >= 4 is 58.8 Å². The van der Waals surface area contributed by atoms with Crippen LogP contribution >= 0.6 is 24.8 Å². The minimum atomic E-state index is -0.323. The summed E-state index contributed by atoms with van der Waals surface area (Å²) in [4.78, 5) is 18.7. The SMILES string of the molecule is COc1cccc2nccc(NC(=O)Nc3ccc(N(C)C)cc3)c12.Cl.Cl. The molecule has 0 unspecified atom stereocenters. The first-order chi connectivity index (χ1) is 12.1. The van der Waals surface area contributed by atoms with Crippen LogP contribution in [0.4, 0.5) is 21.9 Å². The number of fused-ring (bicyclic) bond motifs is 1. The molecule has 1 aromatic heterocycles. The number of hydrogen-bond acceptors (Lipinski definition) is 4. The van der Waals surface area contributed by atoms with E-state index in [0.29, 0.717) is 17.1 Å². The second-order valence-corrected chi connectivity index (χ2v) is 5.73. The summed E-state index contributed by atoms with van der Waals surface area (Å²) in [5.74, 6) is 0.663. The molecule has 1 heterocycles. The highest BCUT2D eigenvalue weighted by molar-refractivity contribution is 6.07. The van der Waals surface area contributed by atoms with Crippen molar-refractivity contribution in [1.29, 1.82) is 0 Å². The van der Waals surface area contributed by atoms with Crippen molar-refractivity contribution in [3.8, 4) is 5.75 Å². The van der Waals surface area contributed by atoms with Crippen molar-refractivity contribution in [3.63, 3.8) is 0 Å². The maximum Gasteiger partial charge on any atom is 0.323 e. The highest BCUT2D eigenvalue weighted by atomic mass is 35.5. The predicted octanol–water partition coefficient (Wildman–Crippen LogP) is 4.80. The monoisotopic (exact) mass is 408 g/mol. The van der Waals surface area contributed by atoms with Crippen molar-refractivity contribution in [2.75, 3.05) is 36.7 Å². The number of carbonyl (C=O) groups is 1. The van der Waals surface area contributed by atoms with Gasteiger partial charge in [0.2, 0.25) is 0 Å². The number of aromatic nitrogens is 1. The minimum absolute atomic E-state index is 0. The van der Waals surface area contributed by atoms with Crippen molar-refractivity contribution in [2.24, 2.45) is 0 Å². The number of anilines is 3. The Kier molecular flexibility index (Phi) is 8.15. The lowest BCUT2D eigenvalue weighted by atomic mass is 10.1. The van der Waals surface area contributed by atoms with E-state index < -0.39 is 0 Å². The standard InChI is InChI=1S/C19H20N4O2.2ClH/c1-23(2)14-9-7-13(8-10-14)21-19(24)22-16-11-12-20-15-5-4-6-17(25-3)18(15)16;;/h4-12H,1-3H3,(H2,20,21,22,24);2*1H. The number of methoxy groups -OCH3 is 1. The summed E-state index contributed by atoms with van der Waals surface area (Å²) < 4.78 is 5.39. The number of nitrogens with zero attached hydrogens (tertiary/aromatic N) is 2. The molecule has 0 radical (unpaired) electrons. The lowest BCUT2D eigenvalue weighted by molar-refractivity contribution is 0.262. The Balaban J connectivity index is 0.00000182. The van der Waals surface area contributed by atoms with Crippen LogP contribution in [0.3, 0.4) is 0 Å². The predicted molar refractivity (Wildman–Crippen MR) is 116 cm³/mol. The maximum atomic E-state index is 12.4. The molecule has 0 aliphatic carbocycles. The fraction of sp³-hybridized carbons (Fsp3) is 0.158. The van der Waals surface area contributed by atoms with E-state index in [1.165, 1.54) is 0 Å². The second-order valence-electron chi connectivity index (χ2n) is 5.73. The number of hydrogen-bond donors (Lipinski definition) is 2. The number of amides is 2. The molecule has 0 saturated heterocycles. The normalized spacial score (nSPS) is 9.59. The molecule has 0 atom stereocenters. The number of rotatable bonds is 4. The summed E-state index contributed by atoms with van der Waals surface area (Å²) in [5, 5.41) is 6.46. The van der Waals surface area contributed by atoms with Crippen LogP contribution in [0.1, 0.15) is 0 Å². The molecular formula is C19H22Cl2N4O2. The minimum Gasteiger partial charge on any atom is -0.496 e. The molecule has 0 aliphatic heterocycles. The number of pyridine rings is 1. The van der Waals surface area contributed by atoms with E-state index in [1.54, 1.807) is 19.4 Å². The molecule has 3 aromatic rings. The van der Waals surface area contributed by atoms with E-state index in [-0.39, 0.29) is 30.8 Å². The lowest BCUT2D eigenvalue weighted by Gasteiger charge is -2.14. The highest BCUT2D eigenvalue weighted by Gasteiger charge is 2.10. The van der Waals surface area contributed by atoms with Gasteiger partial charge in [-0.05, 0) is 42.5 Å². The quantitative estimate of drug-likeness (QED) is 0.650. The van der Waals surface area contributed by atoms with Crippen molar-refractivity contribution < 1.29 is 9.53 Å². The van der Waals surface area contributed by atoms with Crippen molar-refractivity contribution in [1.82, 2.24) is 4.98 Å². The molecule has 8 heteroatoms. The Bertz CT molecular complexity index is 897. The van der Waals surface area contributed by atoms with Crippen LogP contribution in [-0.4, -0.2) is 32.2 Å². The van der Waals surface area contributed by atoms with Gasteiger partial charge < -0.3 is 20.3 Å². The Labute approximate surface area is 170 Å². The summed E-state index contributed by atoms with van der Waals surface area (Å²) in [6, 6.07) is 14.6. The highest BCUT2D eigenvalue weighted by Crippen LogP contribution is 2.30. The largest absolute Gasteiger partial charge is 0.496 e. The number of ether oxygens (including phenoxy) is 1. The number of benzene rings is 2. The second kappa shape index (κ2) is 9.85. The van der Waals surface area contributed by atoms with Crippen LogP contribution in [0.25, 0.3) is 10.9 Å². The van der Waals surface area contributed by atoms with Gasteiger partial charge in [0.15, 0.2) is 0 Å². The lowest BCUT2D eigenvalue weighted by Crippen LogP contribution is -2.19. The van der Waals surface area contributed by atoms with E-state index in [9.17, 15) is 4.79 Å². The summed E-state index contributed by atoms with van der Waals surface area (Å²) in [7, 11) is 5.53. The van der Waals surface area contributed by atoms with Gasteiger partial charge in [-0.15, -0.1) is 24.8 Å². The third-order valence-electron chi connectivity index (χ3n) is 3.84. The van der Waals surface area contributed by atoms with Gasteiger partial charge in [-0.3, -0.25) is 4.98 Å². The van der Waals surface area contributed by atoms with E-state index in [0.717, 1.165) is 16.6 Å². The molecule has 27 heavy (non-hydrogen) atoms. The fourth-order valence-electron chi connectivity index (χ4n) is 2.58. The summed E-state index contributed by atoms with van der Waals surface area (Å²) in [6.45, 7) is 0. The van der Waals surface area contributed by atoms with E-state index in [2.05, 4.69) is 15.6 Å². The Morgan fingerprint density at radius 1 is 1.00 bits per heavy atom. The van der Waals surface area contributed by atoms with Crippen LogP contribution in [0.5, 0.6) is 5.75 Å². The van der Waals surface area contributed by atoms with Gasteiger partial charge in [-0.25, -0.2) is 4.79 Å². The first kappa shape index (κ1) is 22.3. The molecule has 2 amide bonds. The molecule has 0 bridgehead atoms. The molecule has 144 valence electrons. The number of nitrogens with one attached hydrogen (secondary N) is 2. The third kappa shape index (κ3) is 5.15. The Morgan fingerprint density at radius 2 is 1.70 bits per heavy atom. The summed E-state index contributed by atoms with van der Waals surface area (Å²) >= 11 is 0.